The van der Waals surface area contributed by atoms with Crippen molar-refractivity contribution in [2.24, 2.45) is 0 Å². The quantitative estimate of drug-likeness (QED) is 0.426. The first kappa shape index (κ1) is 23.2. The number of pyridine rings is 1. The summed E-state index contributed by atoms with van der Waals surface area (Å²) in [5.41, 5.74) is 4.42. The van der Waals surface area contributed by atoms with Crippen LogP contribution in [0.3, 0.4) is 0 Å². The molecule has 0 spiro atoms. The molecule has 0 bridgehead atoms. The third kappa shape index (κ3) is 4.95. The molecule has 6 rings (SSSR count). The van der Waals surface area contributed by atoms with E-state index in [0.29, 0.717) is 6.54 Å². The Kier molecular flexibility index (Phi) is 6.86. The number of benzene rings is 2. The molecule has 4 heterocycles. The van der Waals surface area contributed by atoms with Gasteiger partial charge in [0.05, 0.1) is 19.2 Å². The zero-order valence-electron chi connectivity index (χ0n) is 20.3. The number of rotatable bonds is 4. The molecule has 182 valence electrons. The van der Waals surface area contributed by atoms with Crippen molar-refractivity contribution in [2.75, 3.05) is 26.7 Å². The van der Waals surface area contributed by atoms with Crippen LogP contribution < -0.4 is 10.1 Å². The molecule has 7 nitrogen and oxygen atoms in total. The number of nitrogens with zero attached hydrogens (tertiary/aromatic N) is 2. The smallest absolute Gasteiger partial charge is 0.410 e. The fourth-order valence-electron chi connectivity index (χ4n) is 4.94. The number of para-hydroxylation sites is 1. The van der Waals surface area contributed by atoms with Gasteiger partial charge in [-0.25, -0.2) is 4.79 Å². The molecule has 2 aromatic heterocycles. The van der Waals surface area contributed by atoms with Gasteiger partial charge in [-0.05, 0) is 74.1 Å². The molecule has 2 saturated heterocycles. The van der Waals surface area contributed by atoms with Gasteiger partial charge in [0.25, 0.3) is 0 Å². The van der Waals surface area contributed by atoms with E-state index >= 15 is 0 Å². The molecule has 2 fully saturated rings. The predicted octanol–water partition coefficient (Wildman–Crippen LogP) is 5.22. The number of hydrogen-bond acceptors (Lipinski definition) is 5. The Hall–Kier alpha value is -3.58. The largest absolute Gasteiger partial charge is 0.497 e. The number of ether oxygens (including phenoxy) is 2. The van der Waals surface area contributed by atoms with E-state index in [0.717, 1.165) is 54.6 Å². The van der Waals surface area contributed by atoms with Gasteiger partial charge < -0.3 is 24.7 Å². The molecule has 4 aromatic rings. The number of carbonyl (C=O) groups is 1. The van der Waals surface area contributed by atoms with Crippen LogP contribution in [0.4, 0.5) is 4.79 Å². The maximum absolute atomic E-state index is 12.4. The van der Waals surface area contributed by atoms with Gasteiger partial charge in [0.1, 0.15) is 11.9 Å². The summed E-state index contributed by atoms with van der Waals surface area (Å²) >= 11 is 0. The van der Waals surface area contributed by atoms with Gasteiger partial charge in [0, 0.05) is 34.4 Å². The van der Waals surface area contributed by atoms with Crippen molar-refractivity contribution in [3.05, 3.63) is 72.1 Å². The first-order valence-electron chi connectivity index (χ1n) is 12.3. The summed E-state index contributed by atoms with van der Waals surface area (Å²) in [7, 11) is 1.64. The summed E-state index contributed by atoms with van der Waals surface area (Å²) in [6.45, 7) is 4.66. The lowest BCUT2D eigenvalue weighted by Crippen LogP contribution is -2.43. The molecule has 2 aromatic carbocycles. The maximum Gasteiger partial charge on any atom is 0.410 e. The molecule has 0 radical (unpaired) electrons. The zero-order chi connectivity index (χ0) is 24.2. The van der Waals surface area contributed by atoms with E-state index in [1.54, 1.807) is 13.3 Å². The monoisotopic (exact) mass is 472 g/mol. The highest BCUT2D eigenvalue weighted by Gasteiger charge is 2.37. The minimum Gasteiger partial charge on any atom is -0.497 e. The van der Waals surface area contributed by atoms with Crippen LogP contribution in [0.2, 0.25) is 0 Å². The average molecular weight is 473 g/mol. The summed E-state index contributed by atoms with van der Waals surface area (Å²) in [4.78, 5) is 22.0. The molecule has 2 aliphatic rings. The third-order valence-electron chi connectivity index (χ3n) is 6.89. The average Bonchev–Trinajstić information content (AvgIpc) is 3.52. The van der Waals surface area contributed by atoms with Gasteiger partial charge in [-0.15, -0.1) is 0 Å². The molecule has 1 atom stereocenters. The molecular weight excluding hydrogens is 440 g/mol. The van der Waals surface area contributed by atoms with E-state index in [1.807, 2.05) is 29.2 Å². The van der Waals surface area contributed by atoms with E-state index < -0.39 is 0 Å². The number of fused-ring (bicyclic) bond motifs is 2. The predicted molar refractivity (Wildman–Crippen MR) is 138 cm³/mol. The van der Waals surface area contributed by atoms with Gasteiger partial charge in [-0.3, -0.25) is 4.98 Å². The van der Waals surface area contributed by atoms with Crippen LogP contribution in [0.5, 0.6) is 5.75 Å². The lowest BCUT2D eigenvalue weighted by molar-refractivity contribution is 0.125. The fraction of sp³-hybridized carbons (Fsp3) is 0.357. The highest BCUT2D eigenvalue weighted by Crippen LogP contribution is 2.34. The minimum atomic E-state index is -0.259. The number of carbonyl (C=O) groups excluding carboxylic acids is 1. The van der Waals surface area contributed by atoms with Crippen LogP contribution in [-0.4, -0.2) is 53.7 Å². The van der Waals surface area contributed by atoms with Crippen LogP contribution in [0, 0.1) is 0 Å². The van der Waals surface area contributed by atoms with Crippen molar-refractivity contribution in [2.45, 2.75) is 38.3 Å². The standard InChI is InChI=1S/C18H21N3O3.C10H11N/c1-23-13-2-3-16-15(10-13)14(6-9-20-16)17-11-21(18(22)24-17)12-4-7-19-8-5-12;1-2-9-7-8-5-3-4-6-10(8)11-9/h2-3,6,9-10,12,17,19H,4-5,7-8,11H2,1H3;3-7,11H,2H2,1H3. The highest BCUT2D eigenvalue weighted by molar-refractivity contribution is 5.85. The first-order chi connectivity index (χ1) is 17.2. The number of methoxy groups -OCH3 is 1. The van der Waals surface area contributed by atoms with Gasteiger partial charge >= 0.3 is 6.09 Å². The zero-order valence-corrected chi connectivity index (χ0v) is 20.3. The Morgan fingerprint density at radius 2 is 1.94 bits per heavy atom. The number of nitrogens with one attached hydrogen (secondary N) is 2. The lowest BCUT2D eigenvalue weighted by atomic mass is 10.0. The lowest BCUT2D eigenvalue weighted by Gasteiger charge is -2.29. The van der Waals surface area contributed by atoms with Gasteiger partial charge in [-0.1, -0.05) is 25.1 Å². The van der Waals surface area contributed by atoms with Crippen LogP contribution in [-0.2, 0) is 11.2 Å². The van der Waals surface area contributed by atoms with E-state index in [9.17, 15) is 4.79 Å². The van der Waals surface area contributed by atoms with Gasteiger partial charge in [0.2, 0.25) is 0 Å². The number of piperidine rings is 1. The molecule has 7 heteroatoms. The Labute approximate surface area is 205 Å². The molecule has 2 aliphatic heterocycles. The molecular formula is C28H32N4O3. The minimum absolute atomic E-state index is 0.209. The maximum atomic E-state index is 12.4. The van der Waals surface area contributed by atoms with Crippen molar-refractivity contribution in [1.82, 2.24) is 20.2 Å². The summed E-state index contributed by atoms with van der Waals surface area (Å²) < 4.78 is 11.0. The van der Waals surface area contributed by atoms with Gasteiger partial charge in [0.15, 0.2) is 0 Å². The molecule has 1 unspecified atom stereocenters. The Balaban J connectivity index is 0.000000192. The number of amides is 1. The van der Waals surface area contributed by atoms with Gasteiger partial charge in [-0.2, -0.15) is 0 Å². The summed E-state index contributed by atoms with van der Waals surface area (Å²) in [6.07, 6.45) is 4.34. The number of aryl methyl sites for hydroxylation is 1. The number of cyclic esters (lactones) is 1. The van der Waals surface area contributed by atoms with Crippen molar-refractivity contribution in [3.63, 3.8) is 0 Å². The summed E-state index contributed by atoms with van der Waals surface area (Å²) in [5, 5.41) is 5.62. The molecule has 0 saturated carbocycles. The number of aromatic nitrogens is 2. The van der Waals surface area contributed by atoms with Crippen LogP contribution >= 0.6 is 0 Å². The summed E-state index contributed by atoms with van der Waals surface area (Å²) in [5.74, 6) is 0.774. The number of hydrogen-bond donors (Lipinski definition) is 2. The van der Waals surface area contributed by atoms with Crippen molar-refractivity contribution >= 4 is 27.9 Å². The second-order valence-electron chi connectivity index (χ2n) is 9.02. The normalized spacial score (nSPS) is 18.4. The van der Waals surface area contributed by atoms with E-state index in [-0.39, 0.29) is 18.2 Å². The van der Waals surface area contributed by atoms with Crippen LogP contribution in [0.1, 0.15) is 37.1 Å². The van der Waals surface area contributed by atoms with E-state index in [1.165, 1.54) is 16.6 Å². The van der Waals surface area contributed by atoms with E-state index in [2.05, 4.69) is 52.5 Å². The Morgan fingerprint density at radius 3 is 2.71 bits per heavy atom. The second-order valence-corrected chi connectivity index (χ2v) is 9.02. The fourth-order valence-corrected chi connectivity index (χ4v) is 4.94. The van der Waals surface area contributed by atoms with Crippen molar-refractivity contribution in [3.8, 4) is 5.75 Å². The first-order valence-corrected chi connectivity index (χ1v) is 12.3. The Bertz CT molecular complexity index is 1280. The number of H-pyrrole nitrogens is 1. The molecule has 35 heavy (non-hydrogen) atoms. The number of aromatic amines is 1. The molecule has 0 aliphatic carbocycles. The SMILES string of the molecule is CCc1cc2ccccc2[nH]1.COc1ccc2nccc(C3CN(C4CCNCC4)C(=O)O3)c2c1. The third-order valence-corrected chi connectivity index (χ3v) is 6.89. The van der Waals surface area contributed by atoms with Crippen LogP contribution in [0.25, 0.3) is 21.8 Å². The summed E-state index contributed by atoms with van der Waals surface area (Å²) in [6, 6.07) is 18.5. The van der Waals surface area contributed by atoms with Crippen LogP contribution in [0.15, 0.2) is 60.8 Å². The highest BCUT2D eigenvalue weighted by atomic mass is 16.6. The molecule has 2 N–H and O–H groups in total. The van der Waals surface area contributed by atoms with Crippen molar-refractivity contribution < 1.29 is 14.3 Å². The Morgan fingerprint density at radius 1 is 1.11 bits per heavy atom. The molecule has 1 amide bonds. The van der Waals surface area contributed by atoms with Crippen molar-refractivity contribution in [1.29, 1.82) is 0 Å². The van der Waals surface area contributed by atoms with E-state index in [4.69, 9.17) is 9.47 Å². The second kappa shape index (κ2) is 10.4. The topological polar surface area (TPSA) is 79.5 Å².